The van der Waals surface area contributed by atoms with E-state index in [0.29, 0.717) is 42.6 Å². The van der Waals surface area contributed by atoms with Gasteiger partial charge in [0, 0.05) is 32.4 Å². The molecule has 0 aromatic carbocycles. The van der Waals surface area contributed by atoms with Gasteiger partial charge in [-0.3, -0.25) is 0 Å². The largest absolute Gasteiger partial charge is 0.465 e. The van der Waals surface area contributed by atoms with Crippen LogP contribution in [0, 0.1) is 0 Å². The Morgan fingerprint density at radius 1 is 1.38 bits per heavy atom. The molecule has 0 bridgehead atoms. The molecule has 0 atom stereocenters. The van der Waals surface area contributed by atoms with Crippen LogP contribution in [-0.2, 0) is 4.74 Å². The van der Waals surface area contributed by atoms with Crippen molar-refractivity contribution in [2.45, 2.75) is 6.92 Å². The predicted octanol–water partition coefficient (Wildman–Crippen LogP) is 1.71. The lowest BCUT2D eigenvalue weighted by molar-refractivity contribution is 0.0526. The number of anilines is 1. The first-order valence-electron chi connectivity index (χ1n) is 6.58. The van der Waals surface area contributed by atoms with Gasteiger partial charge in [0.2, 0.25) is 0 Å². The molecule has 2 rings (SSSR count). The van der Waals surface area contributed by atoms with Gasteiger partial charge in [-0.2, -0.15) is 0 Å². The zero-order chi connectivity index (χ0) is 15.4. The summed E-state index contributed by atoms with van der Waals surface area (Å²) in [6.45, 7) is 3.83. The molecule has 1 aromatic rings. The van der Waals surface area contributed by atoms with Gasteiger partial charge in [-0.1, -0.05) is 11.6 Å². The van der Waals surface area contributed by atoms with E-state index in [0.717, 1.165) is 0 Å². The molecule has 1 aliphatic heterocycles. The van der Waals surface area contributed by atoms with E-state index in [2.05, 4.69) is 4.98 Å². The first-order valence-corrected chi connectivity index (χ1v) is 6.96. The number of rotatable bonds is 3. The van der Waals surface area contributed by atoms with Crippen LogP contribution in [0.1, 0.15) is 17.3 Å². The number of hydrogen-bond donors (Lipinski definition) is 1. The van der Waals surface area contributed by atoms with Crippen LogP contribution in [0.15, 0.2) is 12.3 Å². The van der Waals surface area contributed by atoms with Crippen LogP contribution in [0.5, 0.6) is 0 Å². The summed E-state index contributed by atoms with van der Waals surface area (Å²) in [4.78, 5) is 29.9. The summed E-state index contributed by atoms with van der Waals surface area (Å²) in [6, 6.07) is 1.52. The van der Waals surface area contributed by atoms with Gasteiger partial charge >= 0.3 is 12.1 Å². The van der Waals surface area contributed by atoms with Crippen molar-refractivity contribution in [2.24, 2.45) is 0 Å². The van der Waals surface area contributed by atoms with Crippen molar-refractivity contribution in [3.63, 3.8) is 0 Å². The van der Waals surface area contributed by atoms with Crippen molar-refractivity contribution < 1.29 is 19.4 Å². The van der Waals surface area contributed by atoms with E-state index >= 15 is 0 Å². The Morgan fingerprint density at radius 3 is 2.57 bits per heavy atom. The molecule has 0 radical (unpaired) electrons. The number of aromatic nitrogens is 1. The van der Waals surface area contributed by atoms with Crippen LogP contribution in [0.4, 0.5) is 10.6 Å². The van der Waals surface area contributed by atoms with Crippen LogP contribution in [0.2, 0.25) is 5.02 Å². The van der Waals surface area contributed by atoms with E-state index in [9.17, 15) is 9.59 Å². The topological polar surface area (TPSA) is 83.0 Å². The normalized spacial score (nSPS) is 15.0. The Balaban J connectivity index is 2.08. The third-order valence-corrected chi connectivity index (χ3v) is 3.46. The molecule has 21 heavy (non-hydrogen) atoms. The van der Waals surface area contributed by atoms with E-state index in [1.807, 2.05) is 4.90 Å². The monoisotopic (exact) mass is 313 g/mol. The van der Waals surface area contributed by atoms with E-state index in [4.69, 9.17) is 21.4 Å². The molecule has 1 N–H and O–H groups in total. The van der Waals surface area contributed by atoms with Gasteiger partial charge < -0.3 is 19.6 Å². The van der Waals surface area contributed by atoms with Gasteiger partial charge in [0.1, 0.15) is 5.82 Å². The lowest BCUT2D eigenvalue weighted by Crippen LogP contribution is -2.48. The fraction of sp³-hybridized carbons (Fsp3) is 0.462. The lowest BCUT2D eigenvalue weighted by Gasteiger charge is -2.34. The number of piperazine rings is 1. The quantitative estimate of drug-likeness (QED) is 0.855. The number of carbonyl (C=O) groups excluding carboxylic acids is 1. The molecule has 2 heterocycles. The molecule has 0 saturated carbocycles. The number of amides is 1. The van der Waals surface area contributed by atoms with Crippen molar-refractivity contribution in [3.05, 3.63) is 22.8 Å². The molecule has 114 valence electrons. The first kappa shape index (κ1) is 15.4. The molecule has 0 spiro atoms. The molecule has 1 saturated heterocycles. The summed E-state index contributed by atoms with van der Waals surface area (Å²) in [5.74, 6) is 0.0869. The van der Waals surface area contributed by atoms with Crippen LogP contribution in [0.25, 0.3) is 0 Å². The van der Waals surface area contributed by atoms with Gasteiger partial charge in [-0.25, -0.2) is 14.6 Å². The van der Waals surface area contributed by atoms with E-state index < -0.39 is 12.1 Å². The first-order chi connectivity index (χ1) is 10.0. The highest BCUT2D eigenvalue weighted by Gasteiger charge is 2.23. The second-order valence-electron chi connectivity index (χ2n) is 4.51. The highest BCUT2D eigenvalue weighted by molar-refractivity contribution is 6.33. The highest BCUT2D eigenvalue weighted by Crippen LogP contribution is 2.25. The molecule has 0 unspecified atom stereocenters. The van der Waals surface area contributed by atoms with Gasteiger partial charge in [0.25, 0.3) is 0 Å². The molecule has 1 aromatic heterocycles. The number of pyridine rings is 1. The minimum absolute atomic E-state index is 0.287. The maximum atomic E-state index is 11.6. The van der Waals surface area contributed by atoms with Crippen molar-refractivity contribution in [2.75, 3.05) is 37.7 Å². The van der Waals surface area contributed by atoms with Crippen molar-refractivity contribution in [3.8, 4) is 0 Å². The smallest absolute Gasteiger partial charge is 0.407 e. The SMILES string of the molecule is CCOC(=O)c1cnc(N2CCN(C(=O)O)CC2)c(Cl)c1. The zero-order valence-electron chi connectivity index (χ0n) is 11.6. The van der Waals surface area contributed by atoms with E-state index in [1.165, 1.54) is 17.2 Å². The van der Waals surface area contributed by atoms with Crippen LogP contribution in [-0.4, -0.2) is 59.8 Å². The summed E-state index contributed by atoms with van der Waals surface area (Å²) >= 11 is 6.16. The summed E-state index contributed by atoms with van der Waals surface area (Å²) in [5, 5.41) is 9.26. The van der Waals surface area contributed by atoms with E-state index in [1.54, 1.807) is 6.92 Å². The second-order valence-corrected chi connectivity index (χ2v) is 4.91. The van der Waals surface area contributed by atoms with Crippen molar-refractivity contribution in [1.82, 2.24) is 9.88 Å². The van der Waals surface area contributed by atoms with Gasteiger partial charge in [-0.15, -0.1) is 0 Å². The molecule has 1 aliphatic rings. The summed E-state index contributed by atoms with van der Waals surface area (Å²) in [5.41, 5.74) is 0.301. The second kappa shape index (κ2) is 6.62. The molecule has 8 heteroatoms. The Kier molecular flexibility index (Phi) is 4.85. The van der Waals surface area contributed by atoms with Crippen LogP contribution >= 0.6 is 11.6 Å². The standard InChI is InChI=1S/C13H16ClN3O4/c1-2-21-12(18)9-7-10(14)11(15-8-9)16-3-5-17(6-4-16)13(19)20/h7-8H,2-6H2,1H3,(H,19,20). The molecular formula is C13H16ClN3O4. The zero-order valence-corrected chi connectivity index (χ0v) is 12.3. The van der Waals surface area contributed by atoms with Gasteiger partial charge in [0.05, 0.1) is 17.2 Å². The Bertz CT molecular complexity index is 544. The Labute approximate surface area is 127 Å². The number of ether oxygens (including phenoxy) is 1. The number of carbonyl (C=O) groups is 2. The highest BCUT2D eigenvalue weighted by atomic mass is 35.5. The van der Waals surface area contributed by atoms with Crippen LogP contribution in [0.3, 0.4) is 0 Å². The van der Waals surface area contributed by atoms with Crippen LogP contribution < -0.4 is 4.90 Å². The third-order valence-electron chi connectivity index (χ3n) is 3.18. The maximum Gasteiger partial charge on any atom is 0.407 e. The lowest BCUT2D eigenvalue weighted by atomic mass is 10.2. The average molecular weight is 314 g/mol. The fourth-order valence-electron chi connectivity index (χ4n) is 2.10. The minimum atomic E-state index is -0.925. The maximum absolute atomic E-state index is 11.6. The third kappa shape index (κ3) is 3.55. The minimum Gasteiger partial charge on any atom is -0.465 e. The van der Waals surface area contributed by atoms with Gasteiger partial charge in [0.15, 0.2) is 0 Å². The molecule has 1 fully saturated rings. The summed E-state index contributed by atoms with van der Waals surface area (Å²) in [7, 11) is 0. The fourth-order valence-corrected chi connectivity index (χ4v) is 2.38. The number of nitrogens with zero attached hydrogens (tertiary/aromatic N) is 3. The molecule has 1 amide bonds. The summed E-state index contributed by atoms with van der Waals surface area (Å²) < 4.78 is 4.89. The number of carboxylic acid groups (broad SMARTS) is 1. The number of hydrogen-bond acceptors (Lipinski definition) is 5. The predicted molar refractivity (Wildman–Crippen MR) is 77.0 cm³/mol. The molecular weight excluding hydrogens is 298 g/mol. The van der Waals surface area contributed by atoms with E-state index in [-0.39, 0.29) is 6.61 Å². The van der Waals surface area contributed by atoms with Crippen molar-refractivity contribution in [1.29, 1.82) is 0 Å². The van der Waals surface area contributed by atoms with Gasteiger partial charge in [-0.05, 0) is 13.0 Å². The van der Waals surface area contributed by atoms with Crippen molar-refractivity contribution >= 4 is 29.5 Å². The number of esters is 1. The Hall–Kier alpha value is -2.02. The molecule has 7 nitrogen and oxygen atoms in total. The Morgan fingerprint density at radius 2 is 2.05 bits per heavy atom. The average Bonchev–Trinajstić information content (AvgIpc) is 2.47. The number of halogens is 1. The summed E-state index contributed by atoms with van der Waals surface area (Å²) in [6.07, 6.45) is 0.495. The molecule has 0 aliphatic carbocycles.